The maximum absolute atomic E-state index is 12.0. The zero-order valence-electron chi connectivity index (χ0n) is 16.3. The van der Waals surface area contributed by atoms with Crippen molar-refractivity contribution in [1.82, 2.24) is 15.6 Å². The molecule has 0 aromatic carbocycles. The van der Waals surface area contributed by atoms with E-state index in [0.29, 0.717) is 30.0 Å². The number of pyridine rings is 1. The summed E-state index contributed by atoms with van der Waals surface area (Å²) in [7, 11) is 0. The number of urea groups is 1. The summed E-state index contributed by atoms with van der Waals surface area (Å²) < 4.78 is 0. The summed E-state index contributed by atoms with van der Waals surface area (Å²) in [6.07, 6.45) is 10.8. The molecular formula is C22H28N4O2. The predicted octanol–water partition coefficient (Wildman–Crippen LogP) is 2.83. The number of hydrogen-bond donors (Lipinski definition) is 2. The molecule has 0 bridgehead atoms. The van der Waals surface area contributed by atoms with Crippen molar-refractivity contribution < 1.29 is 9.59 Å². The van der Waals surface area contributed by atoms with Gasteiger partial charge >= 0.3 is 6.03 Å². The zero-order valence-corrected chi connectivity index (χ0v) is 16.3. The van der Waals surface area contributed by atoms with Crippen LogP contribution in [0.3, 0.4) is 0 Å². The van der Waals surface area contributed by atoms with E-state index in [1.807, 2.05) is 6.07 Å². The summed E-state index contributed by atoms with van der Waals surface area (Å²) >= 11 is 0. The number of amides is 3. The molecule has 1 aromatic rings. The Kier molecular flexibility index (Phi) is 5.63. The lowest BCUT2D eigenvalue weighted by molar-refractivity contribution is -0.120. The van der Waals surface area contributed by atoms with Crippen molar-refractivity contribution in [2.24, 2.45) is 11.3 Å². The van der Waals surface area contributed by atoms with Crippen LogP contribution in [-0.4, -0.2) is 36.6 Å². The highest BCUT2D eigenvalue weighted by Gasteiger charge is 2.35. The van der Waals surface area contributed by atoms with Gasteiger partial charge in [-0.2, -0.15) is 0 Å². The lowest BCUT2D eigenvalue weighted by Crippen LogP contribution is -2.49. The number of rotatable bonds is 2. The SMILES string of the molecule is O=C1CCN(c2ccnc(C#CCC3CCC4(CCNCC4)CC3)c2)C(=O)N1. The molecule has 0 atom stereocenters. The molecule has 3 amide bonds. The number of anilines is 1. The van der Waals surface area contributed by atoms with Gasteiger partial charge in [-0.15, -0.1) is 0 Å². The quantitative estimate of drug-likeness (QED) is 0.774. The maximum atomic E-state index is 12.0. The van der Waals surface area contributed by atoms with Crippen LogP contribution in [0.5, 0.6) is 0 Å². The number of nitrogens with one attached hydrogen (secondary N) is 2. The van der Waals surface area contributed by atoms with Crippen LogP contribution in [0.1, 0.15) is 57.1 Å². The Labute approximate surface area is 166 Å². The monoisotopic (exact) mass is 380 g/mol. The van der Waals surface area contributed by atoms with E-state index < -0.39 is 0 Å². The van der Waals surface area contributed by atoms with E-state index in [4.69, 9.17) is 0 Å². The molecule has 2 aliphatic heterocycles. The maximum Gasteiger partial charge on any atom is 0.328 e. The number of aromatic nitrogens is 1. The number of hydrogen-bond acceptors (Lipinski definition) is 4. The Bertz CT molecular complexity index is 794. The molecule has 2 N–H and O–H groups in total. The molecule has 2 saturated heterocycles. The molecule has 4 rings (SSSR count). The molecule has 0 unspecified atom stereocenters. The minimum atomic E-state index is -0.379. The zero-order chi connectivity index (χ0) is 19.4. The highest BCUT2D eigenvalue weighted by atomic mass is 16.2. The first kappa shape index (κ1) is 18.9. The normalized spacial score (nSPS) is 22.5. The average Bonchev–Trinajstić information content (AvgIpc) is 2.71. The van der Waals surface area contributed by atoms with Gasteiger partial charge in [0.2, 0.25) is 5.91 Å². The summed E-state index contributed by atoms with van der Waals surface area (Å²) in [4.78, 5) is 29.2. The smallest absolute Gasteiger partial charge is 0.317 e. The molecule has 1 aliphatic carbocycles. The minimum absolute atomic E-state index is 0.228. The van der Waals surface area contributed by atoms with Gasteiger partial charge < -0.3 is 5.32 Å². The van der Waals surface area contributed by atoms with Gasteiger partial charge in [-0.25, -0.2) is 9.78 Å². The van der Waals surface area contributed by atoms with Gasteiger partial charge in [-0.05, 0) is 81.0 Å². The predicted molar refractivity (Wildman–Crippen MR) is 108 cm³/mol. The first-order valence-electron chi connectivity index (χ1n) is 10.4. The van der Waals surface area contributed by atoms with Crippen LogP contribution in [0.25, 0.3) is 0 Å². The van der Waals surface area contributed by atoms with Crippen molar-refractivity contribution in [1.29, 1.82) is 0 Å². The molecule has 3 fully saturated rings. The van der Waals surface area contributed by atoms with E-state index >= 15 is 0 Å². The van der Waals surface area contributed by atoms with Crippen molar-refractivity contribution >= 4 is 17.6 Å². The average molecular weight is 380 g/mol. The van der Waals surface area contributed by atoms with Gasteiger partial charge in [0.05, 0.1) is 0 Å². The van der Waals surface area contributed by atoms with E-state index in [-0.39, 0.29) is 11.9 Å². The fraction of sp³-hybridized carbons (Fsp3) is 0.591. The second-order valence-corrected chi connectivity index (χ2v) is 8.35. The molecule has 1 spiro atoms. The number of imide groups is 1. The van der Waals surface area contributed by atoms with Gasteiger partial charge in [-0.3, -0.25) is 15.0 Å². The molecule has 1 saturated carbocycles. The lowest BCUT2D eigenvalue weighted by atomic mass is 9.65. The largest absolute Gasteiger partial charge is 0.328 e. The molecule has 0 radical (unpaired) electrons. The number of nitrogens with zero attached hydrogens (tertiary/aromatic N) is 2. The first-order valence-corrected chi connectivity index (χ1v) is 10.4. The van der Waals surface area contributed by atoms with Gasteiger partial charge in [0.1, 0.15) is 5.69 Å². The van der Waals surface area contributed by atoms with Crippen molar-refractivity contribution in [3.05, 3.63) is 24.0 Å². The molecule has 1 aromatic heterocycles. The van der Waals surface area contributed by atoms with Gasteiger partial charge in [-0.1, -0.05) is 5.92 Å². The third kappa shape index (κ3) is 4.36. The number of piperidine rings is 1. The van der Waals surface area contributed by atoms with Crippen LogP contribution in [0, 0.1) is 23.2 Å². The second kappa shape index (κ2) is 8.32. The van der Waals surface area contributed by atoms with Crippen LogP contribution in [0.2, 0.25) is 0 Å². The molecule has 6 heteroatoms. The highest BCUT2D eigenvalue weighted by molar-refractivity contribution is 6.05. The van der Waals surface area contributed by atoms with Crippen molar-refractivity contribution in [3.8, 4) is 11.8 Å². The minimum Gasteiger partial charge on any atom is -0.317 e. The second-order valence-electron chi connectivity index (χ2n) is 8.35. The molecule has 3 aliphatic rings. The van der Waals surface area contributed by atoms with Crippen LogP contribution in [0.4, 0.5) is 10.5 Å². The van der Waals surface area contributed by atoms with Gasteiger partial charge in [0.15, 0.2) is 0 Å². The van der Waals surface area contributed by atoms with Crippen molar-refractivity contribution in [2.45, 2.75) is 51.4 Å². The van der Waals surface area contributed by atoms with Crippen LogP contribution >= 0.6 is 0 Å². The van der Waals surface area contributed by atoms with Crippen molar-refractivity contribution in [3.63, 3.8) is 0 Å². The Hall–Kier alpha value is -2.39. The summed E-state index contributed by atoms with van der Waals surface area (Å²) in [5.74, 6) is 6.94. The van der Waals surface area contributed by atoms with E-state index in [2.05, 4.69) is 27.5 Å². The van der Waals surface area contributed by atoms with E-state index in [1.165, 1.54) is 51.6 Å². The topological polar surface area (TPSA) is 74.3 Å². The molecule has 3 heterocycles. The third-order valence-corrected chi connectivity index (χ3v) is 6.55. The highest BCUT2D eigenvalue weighted by Crippen LogP contribution is 2.45. The third-order valence-electron chi connectivity index (χ3n) is 6.55. The van der Waals surface area contributed by atoms with E-state index in [9.17, 15) is 9.59 Å². The van der Waals surface area contributed by atoms with Crippen molar-refractivity contribution in [2.75, 3.05) is 24.5 Å². The molecular weight excluding hydrogens is 352 g/mol. The van der Waals surface area contributed by atoms with Gasteiger partial charge in [0.25, 0.3) is 0 Å². The molecule has 6 nitrogen and oxygen atoms in total. The fourth-order valence-electron chi connectivity index (χ4n) is 4.70. The number of carbonyl (C=O) groups is 2. The Morgan fingerprint density at radius 2 is 1.96 bits per heavy atom. The summed E-state index contributed by atoms with van der Waals surface area (Å²) in [5, 5.41) is 5.82. The fourth-order valence-corrected chi connectivity index (χ4v) is 4.70. The Morgan fingerprint density at radius 3 is 2.71 bits per heavy atom. The first-order chi connectivity index (χ1) is 13.6. The Morgan fingerprint density at radius 1 is 1.18 bits per heavy atom. The van der Waals surface area contributed by atoms with E-state index in [0.717, 1.165) is 12.1 Å². The summed E-state index contributed by atoms with van der Waals surface area (Å²) in [5.41, 5.74) is 2.00. The standard InChI is InChI=1S/C22H28N4O2/c27-20-7-15-26(21(28)25-20)19-6-12-24-18(16-19)3-1-2-17-4-8-22(9-5-17)10-13-23-14-11-22/h6,12,16-17,23H,2,4-5,7-11,13-15H2,(H,25,27,28). The summed E-state index contributed by atoms with van der Waals surface area (Å²) in [6, 6.07) is 3.23. The van der Waals surface area contributed by atoms with Crippen LogP contribution in [0.15, 0.2) is 18.3 Å². The van der Waals surface area contributed by atoms with Crippen LogP contribution < -0.4 is 15.5 Å². The van der Waals surface area contributed by atoms with Crippen LogP contribution in [-0.2, 0) is 4.79 Å². The van der Waals surface area contributed by atoms with Gasteiger partial charge in [0, 0.05) is 31.3 Å². The lowest BCUT2D eigenvalue weighted by Gasteiger charge is -2.43. The molecule has 148 valence electrons. The number of carbonyl (C=O) groups excluding carboxylic acids is 2. The van der Waals surface area contributed by atoms with E-state index in [1.54, 1.807) is 17.2 Å². The Balaban J connectivity index is 1.33. The summed E-state index contributed by atoms with van der Waals surface area (Å²) in [6.45, 7) is 2.74. The molecule has 28 heavy (non-hydrogen) atoms.